The van der Waals surface area contributed by atoms with E-state index in [1.54, 1.807) is 11.3 Å². The summed E-state index contributed by atoms with van der Waals surface area (Å²) in [4.78, 5) is 5.62. The quantitative estimate of drug-likeness (QED) is 0.736. The lowest BCUT2D eigenvalue weighted by molar-refractivity contribution is 0.558. The van der Waals surface area contributed by atoms with Gasteiger partial charge in [0.05, 0.1) is 11.2 Å². The number of aromatic nitrogens is 1. The molecule has 0 saturated carbocycles. The molecule has 0 amide bonds. The number of thiazole rings is 1. The average Bonchev–Trinajstić information content (AvgIpc) is 2.52. The molecule has 0 saturated heterocycles. The molecule has 1 aromatic rings. The molecule has 0 radical (unpaired) electrons. The number of hydrogen-bond acceptors (Lipinski definition) is 3. The van der Waals surface area contributed by atoms with Crippen LogP contribution in [0.25, 0.3) is 0 Å². The third kappa shape index (κ3) is 3.08. The van der Waals surface area contributed by atoms with Gasteiger partial charge >= 0.3 is 0 Å². The van der Waals surface area contributed by atoms with E-state index in [0.29, 0.717) is 6.04 Å². The number of hydrogen-bond donors (Lipinski definition) is 1. The first-order valence-electron chi connectivity index (χ1n) is 4.89. The Balaban J connectivity index is 2.39. The highest BCUT2D eigenvalue weighted by molar-refractivity contribution is 7.09. The second kappa shape index (κ2) is 5.35. The van der Waals surface area contributed by atoms with E-state index in [1.165, 1.54) is 23.4 Å². The standard InChI is InChI=1S/C10H18N2S/c1-4-5-6-11-8(2)10-9(3)12-7-13-10/h7-8,11H,4-6H2,1-3H3. The summed E-state index contributed by atoms with van der Waals surface area (Å²) in [5.41, 5.74) is 3.09. The van der Waals surface area contributed by atoms with Crippen molar-refractivity contribution in [2.24, 2.45) is 0 Å². The largest absolute Gasteiger partial charge is 0.309 e. The Bertz CT molecular complexity index is 245. The van der Waals surface area contributed by atoms with Crippen molar-refractivity contribution < 1.29 is 0 Å². The summed E-state index contributed by atoms with van der Waals surface area (Å²) in [6, 6.07) is 0.457. The monoisotopic (exact) mass is 198 g/mol. The predicted molar refractivity (Wildman–Crippen MR) is 58.2 cm³/mol. The van der Waals surface area contributed by atoms with Crippen LogP contribution in [-0.2, 0) is 0 Å². The molecule has 0 aromatic carbocycles. The first-order chi connectivity index (χ1) is 6.25. The van der Waals surface area contributed by atoms with E-state index in [1.807, 2.05) is 5.51 Å². The van der Waals surface area contributed by atoms with Crippen LogP contribution in [-0.4, -0.2) is 11.5 Å². The molecule has 0 spiro atoms. The van der Waals surface area contributed by atoms with Gasteiger partial charge in [-0.1, -0.05) is 13.3 Å². The molecule has 0 bridgehead atoms. The Morgan fingerprint density at radius 1 is 1.62 bits per heavy atom. The lowest BCUT2D eigenvalue weighted by Gasteiger charge is -2.11. The molecule has 1 aromatic heterocycles. The summed E-state index contributed by atoms with van der Waals surface area (Å²) in [6.45, 7) is 7.60. The highest BCUT2D eigenvalue weighted by Crippen LogP contribution is 2.20. The fourth-order valence-electron chi connectivity index (χ4n) is 1.31. The fraction of sp³-hybridized carbons (Fsp3) is 0.700. The van der Waals surface area contributed by atoms with Crippen molar-refractivity contribution >= 4 is 11.3 Å². The van der Waals surface area contributed by atoms with Gasteiger partial charge in [-0.2, -0.15) is 0 Å². The maximum Gasteiger partial charge on any atom is 0.0798 e. The Labute approximate surface area is 84.4 Å². The lowest BCUT2D eigenvalue weighted by Crippen LogP contribution is -2.19. The van der Waals surface area contributed by atoms with Crippen molar-refractivity contribution in [1.82, 2.24) is 10.3 Å². The van der Waals surface area contributed by atoms with Gasteiger partial charge in [0.25, 0.3) is 0 Å². The third-order valence-electron chi connectivity index (χ3n) is 2.16. The molecular formula is C10H18N2S. The van der Waals surface area contributed by atoms with E-state index in [-0.39, 0.29) is 0 Å². The van der Waals surface area contributed by atoms with Crippen LogP contribution in [0.5, 0.6) is 0 Å². The molecule has 0 aliphatic rings. The van der Waals surface area contributed by atoms with Crippen molar-refractivity contribution in [2.75, 3.05) is 6.54 Å². The van der Waals surface area contributed by atoms with E-state index in [2.05, 4.69) is 31.1 Å². The summed E-state index contributed by atoms with van der Waals surface area (Å²) in [7, 11) is 0. The molecule has 74 valence electrons. The van der Waals surface area contributed by atoms with Crippen LogP contribution in [0.15, 0.2) is 5.51 Å². The van der Waals surface area contributed by atoms with Gasteiger partial charge in [0.2, 0.25) is 0 Å². The molecule has 13 heavy (non-hydrogen) atoms. The van der Waals surface area contributed by atoms with Crippen LogP contribution < -0.4 is 5.32 Å². The molecule has 1 unspecified atom stereocenters. The van der Waals surface area contributed by atoms with Crippen molar-refractivity contribution in [3.8, 4) is 0 Å². The van der Waals surface area contributed by atoms with E-state index >= 15 is 0 Å². The van der Waals surface area contributed by atoms with Crippen molar-refractivity contribution in [1.29, 1.82) is 0 Å². The molecule has 1 rings (SSSR count). The van der Waals surface area contributed by atoms with E-state index in [4.69, 9.17) is 0 Å². The van der Waals surface area contributed by atoms with Gasteiger partial charge in [-0.05, 0) is 26.8 Å². The van der Waals surface area contributed by atoms with Crippen LogP contribution in [0.2, 0.25) is 0 Å². The molecule has 0 aliphatic carbocycles. The zero-order chi connectivity index (χ0) is 9.68. The van der Waals surface area contributed by atoms with E-state index < -0.39 is 0 Å². The van der Waals surface area contributed by atoms with Gasteiger partial charge in [0, 0.05) is 10.9 Å². The first kappa shape index (κ1) is 10.7. The van der Waals surface area contributed by atoms with Gasteiger partial charge in [0.1, 0.15) is 0 Å². The fourth-order valence-corrected chi connectivity index (χ4v) is 2.15. The lowest BCUT2D eigenvalue weighted by atomic mass is 10.2. The second-order valence-corrected chi connectivity index (χ2v) is 4.22. The summed E-state index contributed by atoms with van der Waals surface area (Å²) in [5, 5.41) is 3.50. The van der Waals surface area contributed by atoms with Gasteiger partial charge in [0.15, 0.2) is 0 Å². The Morgan fingerprint density at radius 3 is 2.92 bits per heavy atom. The Morgan fingerprint density at radius 2 is 2.38 bits per heavy atom. The van der Waals surface area contributed by atoms with Crippen LogP contribution in [0, 0.1) is 6.92 Å². The molecule has 0 aliphatic heterocycles. The van der Waals surface area contributed by atoms with Gasteiger partial charge < -0.3 is 5.32 Å². The summed E-state index contributed by atoms with van der Waals surface area (Å²) in [6.07, 6.45) is 2.50. The first-order valence-corrected chi connectivity index (χ1v) is 5.77. The Kier molecular flexibility index (Phi) is 4.39. The Hall–Kier alpha value is -0.410. The van der Waals surface area contributed by atoms with Gasteiger partial charge in [-0.3, -0.25) is 0 Å². The third-order valence-corrected chi connectivity index (χ3v) is 3.27. The highest BCUT2D eigenvalue weighted by Gasteiger charge is 2.09. The summed E-state index contributed by atoms with van der Waals surface area (Å²) < 4.78 is 0. The summed E-state index contributed by atoms with van der Waals surface area (Å²) >= 11 is 1.74. The average molecular weight is 198 g/mol. The topological polar surface area (TPSA) is 24.9 Å². The van der Waals surface area contributed by atoms with Gasteiger partial charge in [-0.15, -0.1) is 11.3 Å². The minimum atomic E-state index is 0.457. The van der Waals surface area contributed by atoms with Crippen LogP contribution in [0.1, 0.15) is 43.3 Å². The molecule has 3 heteroatoms. The molecule has 0 fully saturated rings. The molecular weight excluding hydrogens is 180 g/mol. The smallest absolute Gasteiger partial charge is 0.0798 e. The molecule has 1 N–H and O–H groups in total. The number of nitrogens with zero attached hydrogens (tertiary/aromatic N) is 1. The predicted octanol–water partition coefficient (Wildman–Crippen LogP) is 2.90. The van der Waals surface area contributed by atoms with E-state index in [0.717, 1.165) is 6.54 Å². The summed E-state index contributed by atoms with van der Waals surface area (Å²) in [5.74, 6) is 0. The number of unbranched alkanes of at least 4 members (excludes halogenated alkanes) is 1. The zero-order valence-corrected chi connectivity index (χ0v) is 9.45. The SMILES string of the molecule is CCCCNC(C)c1scnc1C. The van der Waals surface area contributed by atoms with Crippen molar-refractivity contribution in [3.63, 3.8) is 0 Å². The number of nitrogens with one attached hydrogen (secondary N) is 1. The molecule has 1 heterocycles. The van der Waals surface area contributed by atoms with Crippen molar-refractivity contribution in [3.05, 3.63) is 16.1 Å². The van der Waals surface area contributed by atoms with Crippen LogP contribution >= 0.6 is 11.3 Å². The number of aryl methyl sites for hydroxylation is 1. The zero-order valence-electron chi connectivity index (χ0n) is 8.63. The highest BCUT2D eigenvalue weighted by atomic mass is 32.1. The second-order valence-electron chi connectivity index (χ2n) is 3.33. The minimum absolute atomic E-state index is 0.457. The van der Waals surface area contributed by atoms with Crippen LogP contribution in [0.3, 0.4) is 0 Å². The van der Waals surface area contributed by atoms with Gasteiger partial charge in [-0.25, -0.2) is 4.98 Å². The normalized spacial score (nSPS) is 13.2. The minimum Gasteiger partial charge on any atom is -0.309 e. The maximum absolute atomic E-state index is 4.24. The maximum atomic E-state index is 4.24. The van der Waals surface area contributed by atoms with E-state index in [9.17, 15) is 0 Å². The number of rotatable bonds is 5. The van der Waals surface area contributed by atoms with Crippen molar-refractivity contribution in [2.45, 2.75) is 39.7 Å². The van der Waals surface area contributed by atoms with Crippen LogP contribution in [0.4, 0.5) is 0 Å². The molecule has 1 atom stereocenters. The molecule has 2 nitrogen and oxygen atoms in total.